The van der Waals surface area contributed by atoms with Gasteiger partial charge in [0.25, 0.3) is 5.69 Å². The van der Waals surface area contributed by atoms with Crippen LogP contribution in [0.15, 0.2) is 48.5 Å². The number of nitro groups is 1. The van der Waals surface area contributed by atoms with Gasteiger partial charge in [0.15, 0.2) is 0 Å². The number of rotatable bonds is 5. The van der Waals surface area contributed by atoms with Crippen molar-refractivity contribution in [2.45, 2.75) is 6.42 Å². The van der Waals surface area contributed by atoms with Gasteiger partial charge in [-0.3, -0.25) is 10.1 Å². The number of thiazole rings is 1. The Morgan fingerprint density at radius 3 is 2.83 bits per heavy atom. The van der Waals surface area contributed by atoms with Crippen molar-refractivity contribution in [1.82, 2.24) is 4.98 Å². The molecule has 0 aliphatic rings. The smallest absolute Gasteiger partial charge is 0.338 e. The van der Waals surface area contributed by atoms with Crippen molar-refractivity contribution in [2.75, 3.05) is 6.61 Å². The van der Waals surface area contributed by atoms with Crippen LogP contribution in [0.5, 0.6) is 0 Å². The molecule has 2 aromatic carbocycles. The first-order valence-corrected chi connectivity index (χ1v) is 7.71. The van der Waals surface area contributed by atoms with E-state index in [4.69, 9.17) is 4.74 Å². The average Bonchev–Trinajstić information content (AvgIpc) is 2.97. The molecule has 0 aliphatic heterocycles. The van der Waals surface area contributed by atoms with Gasteiger partial charge in [-0.2, -0.15) is 0 Å². The van der Waals surface area contributed by atoms with Gasteiger partial charge in [0.05, 0.1) is 32.3 Å². The molecule has 7 heteroatoms. The summed E-state index contributed by atoms with van der Waals surface area (Å²) < 4.78 is 6.26. The van der Waals surface area contributed by atoms with E-state index >= 15 is 0 Å². The minimum Gasteiger partial charge on any atom is -0.462 e. The first-order chi connectivity index (χ1) is 11.1. The van der Waals surface area contributed by atoms with E-state index in [1.165, 1.54) is 24.3 Å². The summed E-state index contributed by atoms with van der Waals surface area (Å²) in [5.74, 6) is -0.574. The fraction of sp³-hybridized carbons (Fsp3) is 0.125. The summed E-state index contributed by atoms with van der Waals surface area (Å²) in [6.45, 7) is 0.182. The van der Waals surface area contributed by atoms with Crippen LogP contribution in [0.3, 0.4) is 0 Å². The fourth-order valence-electron chi connectivity index (χ4n) is 2.09. The summed E-state index contributed by atoms with van der Waals surface area (Å²) in [7, 11) is 0. The van der Waals surface area contributed by atoms with E-state index in [0.717, 1.165) is 15.2 Å². The maximum atomic E-state index is 11.9. The second-order valence-corrected chi connectivity index (χ2v) is 5.88. The molecule has 0 aliphatic carbocycles. The van der Waals surface area contributed by atoms with Gasteiger partial charge in [-0.05, 0) is 18.2 Å². The zero-order valence-corrected chi connectivity index (χ0v) is 12.8. The molecule has 3 rings (SSSR count). The minimum absolute atomic E-state index is 0.134. The molecule has 1 heterocycles. The van der Waals surface area contributed by atoms with E-state index < -0.39 is 10.9 Å². The summed E-state index contributed by atoms with van der Waals surface area (Å²) in [5.41, 5.74) is 0.964. The number of carbonyl (C=O) groups is 1. The Bertz CT molecular complexity index is 842. The van der Waals surface area contributed by atoms with E-state index in [1.807, 2.05) is 24.3 Å². The second-order valence-electron chi connectivity index (χ2n) is 4.77. The molecule has 1 aromatic heterocycles. The quantitative estimate of drug-likeness (QED) is 0.406. The van der Waals surface area contributed by atoms with Crippen molar-refractivity contribution < 1.29 is 14.5 Å². The highest BCUT2D eigenvalue weighted by Crippen LogP contribution is 2.22. The van der Waals surface area contributed by atoms with E-state index in [2.05, 4.69) is 4.98 Å². The molecule has 0 N–H and O–H groups in total. The molecule has 23 heavy (non-hydrogen) atoms. The summed E-state index contributed by atoms with van der Waals surface area (Å²) in [4.78, 5) is 26.5. The first-order valence-electron chi connectivity index (χ1n) is 6.89. The topological polar surface area (TPSA) is 82.3 Å². The van der Waals surface area contributed by atoms with Crippen LogP contribution in [0.25, 0.3) is 10.2 Å². The highest BCUT2D eigenvalue weighted by molar-refractivity contribution is 7.18. The van der Waals surface area contributed by atoms with Gasteiger partial charge in [-0.25, -0.2) is 9.78 Å². The number of carbonyl (C=O) groups excluding carboxylic acids is 1. The van der Waals surface area contributed by atoms with Crippen molar-refractivity contribution in [3.8, 4) is 0 Å². The third-order valence-electron chi connectivity index (χ3n) is 3.18. The van der Waals surface area contributed by atoms with Gasteiger partial charge in [0.2, 0.25) is 0 Å². The molecule has 0 bridgehead atoms. The van der Waals surface area contributed by atoms with Crippen LogP contribution >= 0.6 is 11.3 Å². The van der Waals surface area contributed by atoms with Crippen molar-refractivity contribution >= 4 is 33.2 Å². The maximum Gasteiger partial charge on any atom is 0.338 e. The van der Waals surface area contributed by atoms with Crippen LogP contribution in [0.2, 0.25) is 0 Å². The number of benzene rings is 2. The molecule has 0 amide bonds. The van der Waals surface area contributed by atoms with Crippen LogP contribution < -0.4 is 0 Å². The monoisotopic (exact) mass is 328 g/mol. The second kappa shape index (κ2) is 6.53. The fourth-order valence-corrected chi connectivity index (χ4v) is 3.04. The third kappa shape index (κ3) is 3.51. The Morgan fingerprint density at radius 2 is 2.04 bits per heavy atom. The van der Waals surface area contributed by atoms with Crippen LogP contribution in [-0.4, -0.2) is 22.5 Å². The summed E-state index contributed by atoms with van der Waals surface area (Å²) in [5, 5.41) is 11.6. The molecule has 0 saturated carbocycles. The SMILES string of the molecule is O=C(OCCc1nc2ccccc2s1)c1cccc([N+](=O)[O-])c1. The molecular weight excluding hydrogens is 316 g/mol. The van der Waals surface area contributed by atoms with Gasteiger partial charge >= 0.3 is 5.97 Å². The number of non-ortho nitro benzene ring substituents is 1. The summed E-state index contributed by atoms with van der Waals surface area (Å²) in [6.07, 6.45) is 0.514. The highest BCUT2D eigenvalue weighted by Gasteiger charge is 2.13. The molecule has 6 nitrogen and oxygen atoms in total. The molecule has 116 valence electrons. The Kier molecular flexibility index (Phi) is 4.29. The molecule has 0 saturated heterocycles. The molecular formula is C16H12N2O4S. The van der Waals surface area contributed by atoms with E-state index in [0.29, 0.717) is 6.42 Å². The van der Waals surface area contributed by atoms with E-state index in [1.54, 1.807) is 11.3 Å². The number of fused-ring (bicyclic) bond motifs is 1. The number of hydrogen-bond donors (Lipinski definition) is 0. The lowest BCUT2D eigenvalue weighted by Crippen LogP contribution is -2.08. The van der Waals surface area contributed by atoms with E-state index in [-0.39, 0.29) is 17.9 Å². The zero-order chi connectivity index (χ0) is 16.2. The lowest BCUT2D eigenvalue weighted by Gasteiger charge is -2.03. The van der Waals surface area contributed by atoms with Gasteiger partial charge in [0.1, 0.15) is 0 Å². The van der Waals surface area contributed by atoms with Crippen LogP contribution in [0.1, 0.15) is 15.4 Å². The third-order valence-corrected chi connectivity index (χ3v) is 4.28. The van der Waals surface area contributed by atoms with E-state index in [9.17, 15) is 14.9 Å². The first kappa shape index (κ1) is 15.1. The Labute approximate surface area is 135 Å². The van der Waals surface area contributed by atoms with Gasteiger partial charge in [0, 0.05) is 18.6 Å². The van der Waals surface area contributed by atoms with Crippen LogP contribution in [0, 0.1) is 10.1 Å². The average molecular weight is 328 g/mol. The number of esters is 1. The lowest BCUT2D eigenvalue weighted by molar-refractivity contribution is -0.384. The van der Waals surface area contributed by atoms with Crippen molar-refractivity contribution in [2.24, 2.45) is 0 Å². The number of para-hydroxylation sites is 1. The molecule has 0 fully saturated rings. The molecule has 0 atom stereocenters. The van der Waals surface area contributed by atoms with Crippen molar-refractivity contribution in [1.29, 1.82) is 0 Å². The highest BCUT2D eigenvalue weighted by atomic mass is 32.1. The Morgan fingerprint density at radius 1 is 1.22 bits per heavy atom. The van der Waals surface area contributed by atoms with Gasteiger partial charge in [-0.15, -0.1) is 11.3 Å². The number of ether oxygens (including phenoxy) is 1. The Balaban J connectivity index is 1.60. The zero-order valence-electron chi connectivity index (χ0n) is 12.0. The molecule has 0 unspecified atom stereocenters. The lowest BCUT2D eigenvalue weighted by atomic mass is 10.2. The normalized spacial score (nSPS) is 10.6. The maximum absolute atomic E-state index is 11.9. The Hall–Kier alpha value is -2.80. The number of nitrogens with zero attached hydrogens (tertiary/aromatic N) is 2. The molecule has 0 spiro atoms. The summed E-state index contributed by atoms with van der Waals surface area (Å²) >= 11 is 1.56. The molecule has 0 radical (unpaired) electrons. The minimum atomic E-state index is -0.574. The van der Waals surface area contributed by atoms with Crippen LogP contribution in [-0.2, 0) is 11.2 Å². The van der Waals surface area contributed by atoms with Gasteiger partial charge in [-0.1, -0.05) is 18.2 Å². The summed E-state index contributed by atoms with van der Waals surface area (Å²) in [6, 6.07) is 13.3. The largest absolute Gasteiger partial charge is 0.462 e. The standard InChI is InChI=1S/C16H12N2O4S/c19-16(11-4-3-5-12(10-11)18(20)21)22-9-8-15-17-13-6-1-2-7-14(13)23-15/h1-7,10H,8-9H2. The van der Waals surface area contributed by atoms with Crippen molar-refractivity contribution in [3.05, 3.63) is 69.2 Å². The predicted octanol–water partition coefficient (Wildman–Crippen LogP) is 3.60. The predicted molar refractivity (Wildman–Crippen MR) is 86.7 cm³/mol. The van der Waals surface area contributed by atoms with Crippen molar-refractivity contribution in [3.63, 3.8) is 0 Å². The van der Waals surface area contributed by atoms with Gasteiger partial charge < -0.3 is 4.74 Å². The number of aromatic nitrogens is 1. The number of nitro benzene ring substituents is 1. The molecule has 3 aromatic rings. The van der Waals surface area contributed by atoms with Crippen LogP contribution in [0.4, 0.5) is 5.69 Å². The number of hydrogen-bond acceptors (Lipinski definition) is 6.